The van der Waals surface area contributed by atoms with E-state index in [0.717, 1.165) is 30.3 Å². The predicted octanol–water partition coefficient (Wildman–Crippen LogP) is 3.28. The van der Waals surface area contributed by atoms with E-state index in [1.807, 2.05) is 0 Å². The monoisotopic (exact) mass is 296 g/mol. The number of fused-ring (bicyclic) bond motifs is 2. The van der Waals surface area contributed by atoms with Gasteiger partial charge in [-0.3, -0.25) is 0 Å². The first-order chi connectivity index (χ1) is 10.8. The average molecular weight is 296 g/mol. The minimum atomic E-state index is 0.426. The molecule has 1 N–H and O–H groups in total. The van der Waals surface area contributed by atoms with Crippen molar-refractivity contribution in [3.05, 3.63) is 48.0 Å². The van der Waals surface area contributed by atoms with Crippen LogP contribution in [0.4, 0.5) is 11.4 Å². The number of nitrogens with one attached hydrogen (secondary N) is 1. The first-order valence-corrected chi connectivity index (χ1v) is 7.79. The topological polar surface area (TPSA) is 33.7 Å². The molecule has 0 aromatic heterocycles. The first kappa shape index (κ1) is 13.3. The largest absolute Gasteiger partial charge is 0.486 e. The van der Waals surface area contributed by atoms with Gasteiger partial charge >= 0.3 is 0 Å². The van der Waals surface area contributed by atoms with Crippen LogP contribution in [-0.4, -0.2) is 25.8 Å². The predicted molar refractivity (Wildman–Crippen MR) is 88.0 cm³/mol. The lowest BCUT2D eigenvalue weighted by molar-refractivity contribution is 0.171. The molecule has 2 heterocycles. The van der Waals surface area contributed by atoms with Crippen molar-refractivity contribution in [3.63, 3.8) is 0 Å². The van der Waals surface area contributed by atoms with Gasteiger partial charge in [-0.25, -0.2) is 0 Å². The van der Waals surface area contributed by atoms with Crippen LogP contribution in [0.1, 0.15) is 12.5 Å². The van der Waals surface area contributed by atoms with E-state index in [9.17, 15) is 0 Å². The van der Waals surface area contributed by atoms with Crippen LogP contribution in [-0.2, 0) is 6.54 Å². The third-order valence-electron chi connectivity index (χ3n) is 4.29. The lowest BCUT2D eigenvalue weighted by Crippen LogP contribution is -2.41. The van der Waals surface area contributed by atoms with Crippen molar-refractivity contribution in [2.24, 2.45) is 0 Å². The molecule has 2 aromatic carbocycles. The third kappa shape index (κ3) is 2.34. The second-order valence-electron chi connectivity index (χ2n) is 5.86. The molecule has 1 atom stereocenters. The van der Waals surface area contributed by atoms with Gasteiger partial charge in [-0.05, 0) is 12.5 Å². The van der Waals surface area contributed by atoms with Crippen LogP contribution in [0.2, 0.25) is 0 Å². The molecule has 0 aliphatic carbocycles. The van der Waals surface area contributed by atoms with Gasteiger partial charge in [-0.2, -0.15) is 0 Å². The fourth-order valence-electron chi connectivity index (χ4n) is 3.08. The van der Waals surface area contributed by atoms with Crippen molar-refractivity contribution < 1.29 is 9.47 Å². The lowest BCUT2D eigenvalue weighted by Gasteiger charge is -2.38. The summed E-state index contributed by atoms with van der Waals surface area (Å²) in [7, 11) is 0. The Morgan fingerprint density at radius 2 is 1.82 bits per heavy atom. The van der Waals surface area contributed by atoms with Crippen molar-refractivity contribution in [1.82, 2.24) is 0 Å². The molecule has 0 bridgehead atoms. The van der Waals surface area contributed by atoms with Crippen molar-refractivity contribution >= 4 is 11.4 Å². The SMILES string of the molecule is CC1CNc2cc3c(cc2N1Cc1ccccc1)OCCO3. The maximum atomic E-state index is 5.74. The fourth-order valence-corrected chi connectivity index (χ4v) is 3.08. The summed E-state index contributed by atoms with van der Waals surface area (Å²) in [4.78, 5) is 2.43. The van der Waals surface area contributed by atoms with E-state index in [1.54, 1.807) is 0 Å². The van der Waals surface area contributed by atoms with Gasteiger partial charge in [-0.15, -0.1) is 0 Å². The molecule has 4 nitrogen and oxygen atoms in total. The van der Waals surface area contributed by atoms with Crippen LogP contribution in [0.25, 0.3) is 0 Å². The van der Waals surface area contributed by atoms with Crippen molar-refractivity contribution in [2.75, 3.05) is 30.0 Å². The Labute approximate surface area is 130 Å². The summed E-state index contributed by atoms with van der Waals surface area (Å²) < 4.78 is 11.4. The van der Waals surface area contributed by atoms with Gasteiger partial charge in [0.15, 0.2) is 11.5 Å². The minimum absolute atomic E-state index is 0.426. The Kier molecular flexibility index (Phi) is 3.29. The smallest absolute Gasteiger partial charge is 0.163 e. The van der Waals surface area contributed by atoms with Crippen molar-refractivity contribution in [3.8, 4) is 11.5 Å². The Morgan fingerprint density at radius 1 is 1.09 bits per heavy atom. The van der Waals surface area contributed by atoms with E-state index in [1.165, 1.54) is 11.3 Å². The van der Waals surface area contributed by atoms with Crippen molar-refractivity contribution in [1.29, 1.82) is 0 Å². The Hall–Kier alpha value is -2.36. The Balaban J connectivity index is 1.71. The molecule has 4 heteroatoms. The summed E-state index contributed by atoms with van der Waals surface area (Å²) in [5.41, 5.74) is 3.63. The summed E-state index contributed by atoms with van der Waals surface area (Å²) in [5, 5.41) is 3.50. The van der Waals surface area contributed by atoms with Crippen LogP contribution in [0, 0.1) is 0 Å². The van der Waals surface area contributed by atoms with Crippen LogP contribution < -0.4 is 19.7 Å². The molecule has 0 amide bonds. The molecule has 22 heavy (non-hydrogen) atoms. The molecule has 0 saturated heterocycles. The standard InChI is InChI=1S/C18H20N2O2/c1-13-11-19-15-9-17-18(22-8-7-21-17)10-16(15)20(13)12-14-5-3-2-4-6-14/h2-6,9-10,13,19H,7-8,11-12H2,1H3. The highest BCUT2D eigenvalue weighted by Crippen LogP contribution is 2.42. The molecule has 0 spiro atoms. The van der Waals surface area contributed by atoms with Crippen LogP contribution >= 0.6 is 0 Å². The van der Waals surface area contributed by atoms with Crippen molar-refractivity contribution in [2.45, 2.75) is 19.5 Å². The molecule has 0 radical (unpaired) electrons. The zero-order chi connectivity index (χ0) is 14.9. The Bertz CT molecular complexity index is 672. The van der Waals surface area contributed by atoms with Crippen LogP contribution in [0.3, 0.4) is 0 Å². The van der Waals surface area contributed by atoms with E-state index < -0.39 is 0 Å². The fraction of sp³-hybridized carbons (Fsp3) is 0.333. The van der Waals surface area contributed by atoms with Gasteiger partial charge in [0.1, 0.15) is 13.2 Å². The normalized spacial score (nSPS) is 19.3. The maximum Gasteiger partial charge on any atom is 0.163 e. The summed E-state index contributed by atoms with van der Waals surface area (Å²) in [6.45, 7) is 5.31. The number of hydrogen-bond acceptors (Lipinski definition) is 4. The third-order valence-corrected chi connectivity index (χ3v) is 4.29. The number of rotatable bonds is 2. The highest BCUT2D eigenvalue weighted by Gasteiger charge is 2.26. The molecule has 2 aliphatic rings. The summed E-state index contributed by atoms with van der Waals surface area (Å²) in [6, 6.07) is 15.2. The second-order valence-corrected chi connectivity index (χ2v) is 5.86. The molecule has 0 saturated carbocycles. The van der Waals surface area contributed by atoms with Gasteiger partial charge < -0.3 is 19.7 Å². The first-order valence-electron chi connectivity index (χ1n) is 7.79. The van der Waals surface area contributed by atoms with E-state index in [2.05, 4.69) is 59.6 Å². The molecular formula is C18H20N2O2. The molecular weight excluding hydrogens is 276 g/mol. The van der Waals surface area contributed by atoms with Gasteiger partial charge in [-0.1, -0.05) is 30.3 Å². The highest BCUT2D eigenvalue weighted by atomic mass is 16.6. The van der Waals surface area contributed by atoms with Crippen LogP contribution in [0.5, 0.6) is 11.5 Å². The van der Waals surface area contributed by atoms with Crippen LogP contribution in [0.15, 0.2) is 42.5 Å². The number of nitrogens with zero attached hydrogens (tertiary/aromatic N) is 1. The average Bonchev–Trinajstić information content (AvgIpc) is 2.57. The molecule has 1 unspecified atom stereocenters. The number of anilines is 2. The number of hydrogen-bond donors (Lipinski definition) is 1. The zero-order valence-corrected chi connectivity index (χ0v) is 12.7. The van der Waals surface area contributed by atoms with Gasteiger partial charge in [0.05, 0.1) is 11.4 Å². The zero-order valence-electron chi connectivity index (χ0n) is 12.7. The quantitative estimate of drug-likeness (QED) is 0.922. The van der Waals surface area contributed by atoms with E-state index >= 15 is 0 Å². The highest BCUT2D eigenvalue weighted by molar-refractivity contribution is 5.77. The molecule has 4 rings (SSSR count). The van der Waals surface area contributed by atoms with E-state index in [0.29, 0.717) is 19.3 Å². The summed E-state index contributed by atoms with van der Waals surface area (Å²) in [5.74, 6) is 1.69. The minimum Gasteiger partial charge on any atom is -0.486 e. The maximum absolute atomic E-state index is 5.74. The molecule has 114 valence electrons. The summed E-state index contributed by atoms with van der Waals surface area (Å²) in [6.07, 6.45) is 0. The van der Waals surface area contributed by atoms with E-state index in [4.69, 9.17) is 9.47 Å². The number of benzene rings is 2. The second kappa shape index (κ2) is 5.44. The van der Waals surface area contributed by atoms with Gasteiger partial charge in [0.25, 0.3) is 0 Å². The molecule has 2 aromatic rings. The number of ether oxygens (including phenoxy) is 2. The summed E-state index contributed by atoms with van der Waals surface area (Å²) >= 11 is 0. The lowest BCUT2D eigenvalue weighted by atomic mass is 10.1. The van der Waals surface area contributed by atoms with Gasteiger partial charge in [0, 0.05) is 31.3 Å². The molecule has 0 fully saturated rings. The van der Waals surface area contributed by atoms with E-state index in [-0.39, 0.29) is 0 Å². The molecule has 2 aliphatic heterocycles. The Morgan fingerprint density at radius 3 is 2.59 bits per heavy atom. The van der Waals surface area contributed by atoms with Gasteiger partial charge in [0.2, 0.25) is 0 Å².